The van der Waals surface area contributed by atoms with Crippen LogP contribution in [0.15, 0.2) is 30.3 Å². The van der Waals surface area contributed by atoms with Crippen molar-refractivity contribution in [3.05, 3.63) is 61.2 Å². The van der Waals surface area contributed by atoms with E-state index in [1.54, 1.807) is 7.11 Å². The average Bonchev–Trinajstić information content (AvgIpc) is 2.40. The van der Waals surface area contributed by atoms with E-state index in [-0.39, 0.29) is 5.38 Å². The van der Waals surface area contributed by atoms with Gasteiger partial charge in [0.25, 0.3) is 0 Å². The Morgan fingerprint density at radius 2 is 1.70 bits per heavy atom. The number of rotatable bonds is 3. The number of hydrogen-bond acceptors (Lipinski definition) is 1. The van der Waals surface area contributed by atoms with Gasteiger partial charge in [-0.2, -0.15) is 0 Å². The summed E-state index contributed by atoms with van der Waals surface area (Å²) in [4.78, 5) is 0. The number of halogens is 3. The van der Waals surface area contributed by atoms with Crippen molar-refractivity contribution in [2.75, 3.05) is 7.11 Å². The maximum atomic E-state index is 6.64. The normalized spacial score (nSPS) is 12.3. The van der Waals surface area contributed by atoms with E-state index in [1.807, 2.05) is 32.0 Å². The van der Waals surface area contributed by atoms with Crippen molar-refractivity contribution in [3.8, 4) is 5.75 Å². The van der Waals surface area contributed by atoms with E-state index in [9.17, 15) is 0 Å². The lowest BCUT2D eigenvalue weighted by Crippen LogP contribution is -2.00. The minimum absolute atomic E-state index is 0.219. The lowest BCUT2D eigenvalue weighted by Gasteiger charge is -2.16. The maximum Gasteiger partial charge on any atom is 0.124 e. The van der Waals surface area contributed by atoms with Crippen molar-refractivity contribution < 1.29 is 4.74 Å². The molecule has 4 heteroatoms. The Bertz CT molecular complexity index is 617. The van der Waals surface area contributed by atoms with Crippen LogP contribution in [0.3, 0.4) is 0 Å². The molecule has 20 heavy (non-hydrogen) atoms. The van der Waals surface area contributed by atoms with Gasteiger partial charge in [-0.15, -0.1) is 11.6 Å². The monoisotopic (exact) mass is 420 g/mol. The average molecular weight is 421 g/mol. The van der Waals surface area contributed by atoms with Crippen LogP contribution in [0.1, 0.15) is 27.6 Å². The summed E-state index contributed by atoms with van der Waals surface area (Å²) in [6.07, 6.45) is 0. The minimum atomic E-state index is -0.219. The second-order valence-corrected chi connectivity index (χ2v) is 6.75. The highest BCUT2D eigenvalue weighted by atomic mass is 127. The lowest BCUT2D eigenvalue weighted by molar-refractivity contribution is 0.408. The fraction of sp³-hybridized carbons (Fsp3) is 0.250. The van der Waals surface area contributed by atoms with E-state index in [0.29, 0.717) is 5.02 Å². The number of benzene rings is 2. The van der Waals surface area contributed by atoms with Gasteiger partial charge in [-0.3, -0.25) is 0 Å². The van der Waals surface area contributed by atoms with Crippen LogP contribution in [0, 0.1) is 17.4 Å². The van der Waals surface area contributed by atoms with Crippen molar-refractivity contribution in [3.63, 3.8) is 0 Å². The maximum absolute atomic E-state index is 6.64. The molecule has 0 N–H and O–H groups in total. The van der Waals surface area contributed by atoms with Crippen LogP contribution in [0.25, 0.3) is 0 Å². The van der Waals surface area contributed by atoms with Gasteiger partial charge in [-0.1, -0.05) is 23.7 Å². The standard InChI is InChI=1S/C16H15Cl2IO/c1-9-6-11(7-10(2)16(9)20-3)15(18)13-8-12(17)4-5-14(13)19/h4-8,15H,1-3H3. The van der Waals surface area contributed by atoms with E-state index in [4.69, 9.17) is 27.9 Å². The van der Waals surface area contributed by atoms with Crippen molar-refractivity contribution in [2.45, 2.75) is 19.2 Å². The highest BCUT2D eigenvalue weighted by molar-refractivity contribution is 14.1. The van der Waals surface area contributed by atoms with E-state index in [2.05, 4.69) is 34.7 Å². The molecule has 2 aromatic carbocycles. The Morgan fingerprint density at radius 3 is 2.25 bits per heavy atom. The van der Waals surface area contributed by atoms with Crippen LogP contribution in [-0.4, -0.2) is 7.11 Å². The predicted octanol–water partition coefficient (Wildman–Crippen LogP) is 5.90. The highest BCUT2D eigenvalue weighted by Crippen LogP contribution is 2.36. The zero-order chi connectivity index (χ0) is 14.9. The molecule has 106 valence electrons. The lowest BCUT2D eigenvalue weighted by atomic mass is 9.99. The summed E-state index contributed by atoms with van der Waals surface area (Å²) in [5, 5.41) is 0.483. The molecule has 2 rings (SSSR count). The third-order valence-corrected chi connectivity index (χ3v) is 4.92. The predicted molar refractivity (Wildman–Crippen MR) is 94.3 cm³/mol. The molecule has 0 spiro atoms. The first-order valence-corrected chi connectivity index (χ1v) is 8.07. The first-order chi connectivity index (χ1) is 9.43. The van der Waals surface area contributed by atoms with Gasteiger partial charge in [-0.05, 0) is 76.9 Å². The van der Waals surface area contributed by atoms with Crippen molar-refractivity contribution in [2.24, 2.45) is 0 Å². The van der Waals surface area contributed by atoms with Gasteiger partial charge in [0.15, 0.2) is 0 Å². The van der Waals surface area contributed by atoms with Crippen molar-refractivity contribution in [1.29, 1.82) is 0 Å². The summed E-state index contributed by atoms with van der Waals surface area (Å²) < 4.78 is 6.50. The summed E-state index contributed by atoms with van der Waals surface area (Å²) in [5.41, 5.74) is 4.27. The van der Waals surface area contributed by atoms with Gasteiger partial charge in [0.05, 0.1) is 12.5 Å². The van der Waals surface area contributed by atoms with Gasteiger partial charge in [0.2, 0.25) is 0 Å². The molecule has 0 heterocycles. The molecule has 1 unspecified atom stereocenters. The topological polar surface area (TPSA) is 9.23 Å². The van der Waals surface area contributed by atoms with Crippen molar-refractivity contribution in [1.82, 2.24) is 0 Å². The number of alkyl halides is 1. The number of aryl methyl sites for hydroxylation is 2. The van der Waals surface area contributed by atoms with E-state index < -0.39 is 0 Å². The SMILES string of the molecule is COc1c(C)cc(C(Cl)c2cc(Cl)ccc2I)cc1C. The minimum Gasteiger partial charge on any atom is -0.496 e. The molecule has 0 aromatic heterocycles. The van der Waals surface area contributed by atoms with Crippen LogP contribution in [0.4, 0.5) is 0 Å². The molecular weight excluding hydrogens is 406 g/mol. The van der Waals surface area contributed by atoms with Gasteiger partial charge < -0.3 is 4.74 Å². The molecule has 0 saturated carbocycles. The zero-order valence-corrected chi connectivity index (χ0v) is 15.2. The Morgan fingerprint density at radius 1 is 1.10 bits per heavy atom. The van der Waals surface area contributed by atoms with Gasteiger partial charge in [0, 0.05) is 8.59 Å². The van der Waals surface area contributed by atoms with Gasteiger partial charge in [0.1, 0.15) is 5.75 Å². The Balaban J connectivity index is 2.48. The molecule has 0 aliphatic rings. The third-order valence-electron chi connectivity index (χ3n) is 3.21. The highest BCUT2D eigenvalue weighted by Gasteiger charge is 2.17. The second-order valence-electron chi connectivity index (χ2n) is 4.72. The van der Waals surface area contributed by atoms with Gasteiger partial charge in [-0.25, -0.2) is 0 Å². The summed E-state index contributed by atoms with van der Waals surface area (Å²) in [6, 6.07) is 9.93. The molecule has 0 saturated heterocycles. The molecule has 0 radical (unpaired) electrons. The summed E-state index contributed by atoms with van der Waals surface area (Å²) in [6.45, 7) is 4.06. The first-order valence-electron chi connectivity index (χ1n) is 6.18. The molecule has 0 aliphatic heterocycles. The molecule has 1 nitrogen and oxygen atoms in total. The Labute approximate surface area is 143 Å². The largest absolute Gasteiger partial charge is 0.496 e. The summed E-state index contributed by atoms with van der Waals surface area (Å²) in [7, 11) is 1.69. The van der Waals surface area contributed by atoms with Crippen LogP contribution in [-0.2, 0) is 0 Å². The molecule has 0 fully saturated rings. The fourth-order valence-corrected chi connectivity index (χ4v) is 3.66. The van der Waals surface area contributed by atoms with Crippen LogP contribution < -0.4 is 4.74 Å². The van der Waals surface area contributed by atoms with Crippen molar-refractivity contribution >= 4 is 45.8 Å². The van der Waals surface area contributed by atoms with E-state index >= 15 is 0 Å². The number of methoxy groups -OCH3 is 1. The van der Waals surface area contributed by atoms with E-state index in [0.717, 1.165) is 31.6 Å². The van der Waals surface area contributed by atoms with E-state index in [1.165, 1.54) is 0 Å². The smallest absolute Gasteiger partial charge is 0.124 e. The van der Waals surface area contributed by atoms with Crippen LogP contribution in [0.2, 0.25) is 5.02 Å². The Hall–Kier alpha value is -0.450. The molecule has 0 bridgehead atoms. The summed E-state index contributed by atoms with van der Waals surface area (Å²) in [5.74, 6) is 0.915. The number of ether oxygens (including phenoxy) is 1. The summed E-state index contributed by atoms with van der Waals surface area (Å²) >= 11 is 15.0. The zero-order valence-electron chi connectivity index (χ0n) is 11.5. The number of hydrogen-bond donors (Lipinski definition) is 0. The van der Waals surface area contributed by atoms with Gasteiger partial charge >= 0.3 is 0 Å². The second kappa shape index (κ2) is 6.54. The molecular formula is C16H15Cl2IO. The molecule has 1 atom stereocenters. The molecule has 0 amide bonds. The quantitative estimate of drug-likeness (QED) is 0.443. The van der Waals surface area contributed by atoms with Crippen LogP contribution in [0.5, 0.6) is 5.75 Å². The molecule has 2 aromatic rings. The first kappa shape index (κ1) is 15.9. The Kier molecular flexibility index (Phi) is 5.21. The molecule has 0 aliphatic carbocycles. The third kappa shape index (κ3) is 3.23. The van der Waals surface area contributed by atoms with Crippen LogP contribution >= 0.6 is 45.8 Å². The fourth-order valence-electron chi connectivity index (χ4n) is 2.34.